The van der Waals surface area contributed by atoms with Gasteiger partial charge < -0.3 is 40.7 Å². The number of nitrogens with one attached hydrogen (secondary N) is 5. The van der Waals surface area contributed by atoms with Crippen molar-refractivity contribution >= 4 is 70.5 Å². The molecule has 39 heavy (non-hydrogen) atoms. The van der Waals surface area contributed by atoms with Crippen LogP contribution in [0.2, 0.25) is 0 Å². The zero-order valence-electron chi connectivity index (χ0n) is 21.4. The van der Waals surface area contributed by atoms with Crippen molar-refractivity contribution in [1.29, 1.82) is 5.41 Å². The second-order valence-electron chi connectivity index (χ2n) is 8.47. The lowest BCUT2D eigenvalue weighted by Crippen LogP contribution is -2.28. The molecule has 3 heterocycles. The number of aryl methyl sites for hydroxylation is 3. The van der Waals surface area contributed by atoms with Crippen LogP contribution in [0.15, 0.2) is 48.4 Å². The maximum atomic E-state index is 12.9. The Balaban J connectivity index is 0.00000533. The Morgan fingerprint density at radius 3 is 1.59 bits per heavy atom. The van der Waals surface area contributed by atoms with Crippen molar-refractivity contribution in [2.24, 2.45) is 26.9 Å². The lowest BCUT2D eigenvalue weighted by molar-refractivity contribution is -0.112. The van der Waals surface area contributed by atoms with Crippen LogP contribution in [-0.4, -0.2) is 49.7 Å². The van der Waals surface area contributed by atoms with Crippen LogP contribution in [0.25, 0.3) is 0 Å². The number of aromatic nitrogens is 3. The van der Waals surface area contributed by atoms with Gasteiger partial charge >= 0.3 is 0 Å². The number of carbonyl (C=O) groups is 4. The normalized spacial score (nSPS) is 10.3. The van der Waals surface area contributed by atoms with E-state index in [0.717, 1.165) is 0 Å². The summed E-state index contributed by atoms with van der Waals surface area (Å²) >= 11 is 5.58. The molecule has 7 N–H and O–H groups in total. The van der Waals surface area contributed by atoms with Crippen molar-refractivity contribution in [3.63, 3.8) is 0 Å². The van der Waals surface area contributed by atoms with E-state index in [2.05, 4.69) is 27.8 Å². The molecule has 0 unspecified atom stereocenters. The molecule has 0 fully saturated rings. The summed E-state index contributed by atoms with van der Waals surface area (Å²) in [7, 11) is 4.96. The number of nitrogens with zero attached hydrogens (tertiary/aromatic N) is 3. The van der Waals surface area contributed by atoms with E-state index in [1.54, 1.807) is 48.9 Å². The van der Waals surface area contributed by atoms with Crippen molar-refractivity contribution in [3.05, 3.63) is 65.5 Å². The molecule has 0 saturated heterocycles. The lowest BCUT2D eigenvalue weighted by Gasteiger charge is -2.04. The molecule has 3 aromatic heterocycles. The van der Waals surface area contributed by atoms with Crippen LogP contribution in [0, 0.1) is 5.41 Å². The molecule has 0 atom stereocenters. The maximum absolute atomic E-state index is 12.9. The van der Waals surface area contributed by atoms with Gasteiger partial charge in [0.2, 0.25) is 0 Å². The highest BCUT2D eigenvalue weighted by molar-refractivity contribution is 6.43. The third kappa shape index (κ3) is 7.75. The molecular formula is C24H29Cl2N9O4. The van der Waals surface area contributed by atoms with Crippen molar-refractivity contribution in [1.82, 2.24) is 19.0 Å². The van der Waals surface area contributed by atoms with E-state index in [1.165, 1.54) is 22.8 Å². The monoisotopic (exact) mass is 577 g/mol. The van der Waals surface area contributed by atoms with Crippen LogP contribution in [0.5, 0.6) is 0 Å². The minimum absolute atomic E-state index is 0. The highest BCUT2D eigenvalue weighted by atomic mass is 35.5. The molecule has 3 rings (SSSR count). The zero-order valence-corrected chi connectivity index (χ0v) is 23.0. The highest BCUT2D eigenvalue weighted by Crippen LogP contribution is 2.20. The van der Waals surface area contributed by atoms with Gasteiger partial charge in [-0.25, -0.2) is 0 Å². The number of carbonyl (C=O) groups excluding carboxylic acids is 4. The predicted octanol–water partition coefficient (Wildman–Crippen LogP) is 2.38. The number of amidine groups is 1. The number of amides is 4. The third-order valence-corrected chi connectivity index (χ3v) is 5.58. The quantitative estimate of drug-likeness (QED) is 0.123. The van der Waals surface area contributed by atoms with Crippen LogP contribution >= 0.6 is 24.0 Å². The van der Waals surface area contributed by atoms with Crippen LogP contribution < -0.4 is 27.0 Å². The molecule has 15 heteroatoms. The zero-order chi connectivity index (χ0) is 28.1. The molecule has 208 valence electrons. The first kappa shape index (κ1) is 30.7. The number of rotatable bonds is 10. The Bertz CT molecular complexity index is 1450. The summed E-state index contributed by atoms with van der Waals surface area (Å²) in [5.74, 6) is -1.89. The van der Waals surface area contributed by atoms with Crippen molar-refractivity contribution < 1.29 is 19.2 Å². The molecule has 0 bridgehead atoms. The van der Waals surface area contributed by atoms with Crippen LogP contribution in [0.1, 0.15) is 37.9 Å². The van der Waals surface area contributed by atoms with E-state index in [-0.39, 0.29) is 53.5 Å². The largest absolute Gasteiger partial charge is 0.388 e. The summed E-state index contributed by atoms with van der Waals surface area (Å²) in [5.41, 5.74) is 7.28. The van der Waals surface area contributed by atoms with Crippen molar-refractivity contribution in [3.8, 4) is 0 Å². The Kier molecular flexibility index (Phi) is 10.1. The van der Waals surface area contributed by atoms with Gasteiger partial charge in [0.05, 0.1) is 27.9 Å². The molecule has 0 saturated carbocycles. The fourth-order valence-electron chi connectivity index (χ4n) is 3.57. The molecule has 3 aromatic rings. The molecular weight excluding hydrogens is 549 g/mol. The van der Waals surface area contributed by atoms with Crippen molar-refractivity contribution in [2.45, 2.75) is 6.42 Å². The first-order valence-corrected chi connectivity index (χ1v) is 11.6. The van der Waals surface area contributed by atoms with Gasteiger partial charge in [0.15, 0.2) is 0 Å². The number of halogens is 2. The summed E-state index contributed by atoms with van der Waals surface area (Å²) < 4.78 is 4.64. The fourth-order valence-corrected chi connectivity index (χ4v) is 3.61. The van der Waals surface area contributed by atoms with E-state index in [1.807, 2.05) is 0 Å². The topological polar surface area (TPSA) is 181 Å². The Morgan fingerprint density at radius 1 is 0.821 bits per heavy atom. The van der Waals surface area contributed by atoms with Gasteiger partial charge in [0.25, 0.3) is 23.6 Å². The van der Waals surface area contributed by atoms with Gasteiger partial charge in [-0.15, -0.1) is 12.4 Å². The minimum atomic E-state index is -0.581. The van der Waals surface area contributed by atoms with E-state index >= 15 is 0 Å². The van der Waals surface area contributed by atoms with E-state index in [9.17, 15) is 19.2 Å². The fraction of sp³-hybridized carbons (Fsp3) is 0.208. The number of anilines is 3. The average molecular weight is 578 g/mol. The van der Waals surface area contributed by atoms with E-state index in [4.69, 9.17) is 22.7 Å². The Morgan fingerprint density at radius 2 is 1.21 bits per heavy atom. The van der Waals surface area contributed by atoms with Gasteiger partial charge in [0.1, 0.15) is 17.1 Å². The number of hydrogen-bond donors (Lipinski definition) is 6. The van der Waals surface area contributed by atoms with Crippen LogP contribution in [0.4, 0.5) is 17.1 Å². The third-order valence-electron chi connectivity index (χ3n) is 5.41. The standard InChI is InChI=1S/C24H28ClN9O4.ClH/c1-13(25)21(35)29-14-8-18(33(3)10-14)23(37)31-16-9-19(34(4)12-16)24(38)30-15-7-17(32(2)11-15)22(36)28-6-5-20(26)27;/h7-12H,1,5-6H2,2-4H3,(H3,26,27)(H,28,36)(H,29,35)(H,30,38)(H,31,37);1H. The second-order valence-corrected chi connectivity index (χ2v) is 8.93. The molecule has 0 spiro atoms. The predicted molar refractivity (Wildman–Crippen MR) is 152 cm³/mol. The summed E-state index contributed by atoms with van der Waals surface area (Å²) in [5, 5.41) is 17.7. The average Bonchev–Trinajstić information content (AvgIpc) is 3.49. The number of hydrogen-bond acceptors (Lipinski definition) is 5. The van der Waals surface area contributed by atoms with Crippen LogP contribution in [0.3, 0.4) is 0 Å². The summed E-state index contributed by atoms with van der Waals surface area (Å²) in [4.78, 5) is 49.8. The molecule has 4 amide bonds. The smallest absolute Gasteiger partial charge is 0.272 e. The maximum Gasteiger partial charge on any atom is 0.272 e. The molecule has 0 aliphatic carbocycles. The summed E-state index contributed by atoms with van der Waals surface area (Å²) in [6.45, 7) is 3.58. The Hall–Kier alpha value is -4.49. The first-order valence-electron chi connectivity index (χ1n) is 11.2. The van der Waals surface area contributed by atoms with Gasteiger partial charge in [-0.05, 0) is 18.2 Å². The van der Waals surface area contributed by atoms with Gasteiger partial charge in [-0.1, -0.05) is 18.2 Å². The summed E-state index contributed by atoms with van der Waals surface area (Å²) in [6.07, 6.45) is 4.95. The van der Waals surface area contributed by atoms with E-state index < -0.39 is 17.7 Å². The van der Waals surface area contributed by atoms with Gasteiger partial charge in [-0.2, -0.15) is 0 Å². The van der Waals surface area contributed by atoms with Gasteiger partial charge in [0, 0.05) is 52.7 Å². The lowest BCUT2D eigenvalue weighted by atomic mass is 10.3. The number of nitrogens with two attached hydrogens (primary N) is 1. The molecule has 0 aliphatic heterocycles. The molecule has 0 radical (unpaired) electrons. The minimum Gasteiger partial charge on any atom is -0.388 e. The second kappa shape index (κ2) is 12.8. The SMILES string of the molecule is C=C(Cl)C(=O)Nc1cc(C(=O)Nc2cc(C(=O)Nc3cc(C(=O)NCCC(=N)N)n(C)c3)n(C)c2)n(C)c1.Cl. The molecule has 13 nitrogen and oxygen atoms in total. The summed E-state index contributed by atoms with van der Waals surface area (Å²) in [6, 6.07) is 4.51. The van der Waals surface area contributed by atoms with Crippen molar-refractivity contribution in [2.75, 3.05) is 22.5 Å². The van der Waals surface area contributed by atoms with Crippen LogP contribution in [-0.2, 0) is 25.9 Å². The first-order chi connectivity index (χ1) is 17.8. The van der Waals surface area contributed by atoms with E-state index in [0.29, 0.717) is 22.8 Å². The molecule has 0 aliphatic rings. The highest BCUT2D eigenvalue weighted by Gasteiger charge is 2.19. The van der Waals surface area contributed by atoms with Gasteiger partial charge in [-0.3, -0.25) is 24.6 Å². The molecule has 0 aromatic carbocycles. The Labute approximate surface area is 235 Å².